The summed E-state index contributed by atoms with van der Waals surface area (Å²) in [6, 6.07) is 3.77. The van der Waals surface area contributed by atoms with Crippen LogP contribution in [0.1, 0.15) is 24.9 Å². The standard InChI is InChI=1S/C13H16N4O4/c1-6(15-12(20)8(14)5-11(18)19)7-2-3-9-10(4-7)17-13(21)16-9/h2-4,6,8H,5,14H2,1H3,(H,15,20)(H,18,19)(H2,16,17,21). The smallest absolute Gasteiger partial charge is 0.323 e. The van der Waals surface area contributed by atoms with E-state index >= 15 is 0 Å². The molecule has 2 aromatic rings. The molecular weight excluding hydrogens is 276 g/mol. The van der Waals surface area contributed by atoms with E-state index < -0.39 is 24.3 Å². The zero-order valence-corrected chi connectivity index (χ0v) is 11.3. The summed E-state index contributed by atoms with van der Waals surface area (Å²) in [6.45, 7) is 1.75. The third-order valence-corrected chi connectivity index (χ3v) is 3.13. The first-order valence-electron chi connectivity index (χ1n) is 6.36. The second kappa shape index (κ2) is 5.80. The number of fused-ring (bicyclic) bond motifs is 1. The molecule has 2 rings (SSSR count). The summed E-state index contributed by atoms with van der Waals surface area (Å²) in [5.74, 6) is -1.66. The summed E-state index contributed by atoms with van der Waals surface area (Å²) in [5, 5.41) is 11.3. The average molecular weight is 292 g/mol. The monoisotopic (exact) mass is 292 g/mol. The predicted octanol–water partition coefficient (Wildman–Crippen LogP) is -0.165. The molecule has 0 aliphatic carbocycles. The van der Waals surface area contributed by atoms with E-state index in [0.717, 1.165) is 5.56 Å². The fourth-order valence-electron chi connectivity index (χ4n) is 2.00. The van der Waals surface area contributed by atoms with Gasteiger partial charge in [0.05, 0.1) is 29.5 Å². The largest absolute Gasteiger partial charge is 0.481 e. The van der Waals surface area contributed by atoms with Crippen molar-refractivity contribution in [3.63, 3.8) is 0 Å². The lowest BCUT2D eigenvalue weighted by Crippen LogP contribution is -2.42. The Labute approximate surface area is 119 Å². The van der Waals surface area contributed by atoms with E-state index in [4.69, 9.17) is 10.8 Å². The maximum atomic E-state index is 11.8. The molecule has 0 saturated carbocycles. The summed E-state index contributed by atoms with van der Waals surface area (Å²) in [6.07, 6.45) is -0.428. The van der Waals surface area contributed by atoms with Gasteiger partial charge in [0, 0.05) is 0 Å². The number of aliphatic carboxylic acids is 1. The number of imidazole rings is 1. The van der Waals surface area contributed by atoms with Crippen LogP contribution in [0.3, 0.4) is 0 Å². The van der Waals surface area contributed by atoms with Gasteiger partial charge in [-0.2, -0.15) is 0 Å². The van der Waals surface area contributed by atoms with Crippen molar-refractivity contribution in [2.45, 2.75) is 25.4 Å². The van der Waals surface area contributed by atoms with Crippen molar-refractivity contribution >= 4 is 22.9 Å². The molecule has 21 heavy (non-hydrogen) atoms. The number of rotatable bonds is 5. The number of H-pyrrole nitrogens is 2. The van der Waals surface area contributed by atoms with Crippen molar-refractivity contribution in [3.8, 4) is 0 Å². The number of carboxylic acids is 1. The quantitative estimate of drug-likeness (QED) is 0.520. The number of hydrogen-bond acceptors (Lipinski definition) is 4. The number of carboxylic acid groups (broad SMARTS) is 1. The van der Waals surface area contributed by atoms with Gasteiger partial charge in [0.1, 0.15) is 0 Å². The Hall–Kier alpha value is -2.61. The zero-order valence-electron chi connectivity index (χ0n) is 11.3. The lowest BCUT2D eigenvalue weighted by atomic mass is 10.1. The van der Waals surface area contributed by atoms with Crippen LogP contribution in [-0.4, -0.2) is 33.0 Å². The molecule has 6 N–H and O–H groups in total. The maximum absolute atomic E-state index is 11.8. The first-order chi connectivity index (χ1) is 9.86. The summed E-state index contributed by atoms with van der Waals surface area (Å²) in [7, 11) is 0. The van der Waals surface area contributed by atoms with Gasteiger partial charge in [-0.15, -0.1) is 0 Å². The van der Waals surface area contributed by atoms with Gasteiger partial charge in [-0.05, 0) is 24.6 Å². The lowest BCUT2D eigenvalue weighted by molar-refractivity contribution is -0.139. The van der Waals surface area contributed by atoms with Crippen LogP contribution in [0.25, 0.3) is 11.0 Å². The van der Waals surface area contributed by atoms with Crippen molar-refractivity contribution in [3.05, 3.63) is 34.2 Å². The lowest BCUT2D eigenvalue weighted by Gasteiger charge is -2.17. The van der Waals surface area contributed by atoms with Gasteiger partial charge >= 0.3 is 11.7 Å². The van der Waals surface area contributed by atoms with E-state index in [9.17, 15) is 14.4 Å². The van der Waals surface area contributed by atoms with Crippen LogP contribution in [0.4, 0.5) is 0 Å². The van der Waals surface area contributed by atoms with Gasteiger partial charge in [0.2, 0.25) is 5.91 Å². The van der Waals surface area contributed by atoms with Crippen LogP contribution in [0.5, 0.6) is 0 Å². The number of aromatic nitrogens is 2. The molecule has 0 saturated heterocycles. The number of hydrogen-bond donors (Lipinski definition) is 5. The van der Waals surface area contributed by atoms with Gasteiger partial charge in [-0.1, -0.05) is 6.07 Å². The Bertz CT molecular complexity index is 733. The molecule has 1 aromatic carbocycles. The molecule has 8 heteroatoms. The minimum atomic E-state index is -1.13. The molecular formula is C13H16N4O4. The first kappa shape index (κ1) is 14.8. The van der Waals surface area contributed by atoms with Gasteiger partial charge in [-0.3, -0.25) is 9.59 Å². The molecule has 0 spiro atoms. The van der Waals surface area contributed by atoms with E-state index in [-0.39, 0.29) is 11.7 Å². The summed E-state index contributed by atoms with van der Waals surface area (Å²) >= 11 is 0. The van der Waals surface area contributed by atoms with Crippen LogP contribution in [-0.2, 0) is 9.59 Å². The van der Waals surface area contributed by atoms with Crippen LogP contribution in [0, 0.1) is 0 Å². The second-order valence-electron chi connectivity index (χ2n) is 4.82. The Balaban J connectivity index is 2.10. The number of carbonyl (C=O) groups excluding carboxylic acids is 1. The molecule has 0 bridgehead atoms. The Morgan fingerprint density at radius 3 is 2.67 bits per heavy atom. The van der Waals surface area contributed by atoms with E-state index in [1.165, 1.54) is 0 Å². The van der Waals surface area contributed by atoms with Gasteiger partial charge in [0.15, 0.2) is 0 Å². The van der Waals surface area contributed by atoms with Crippen molar-refractivity contribution < 1.29 is 14.7 Å². The Kier molecular flexibility index (Phi) is 4.08. The number of nitrogens with two attached hydrogens (primary N) is 1. The molecule has 1 aromatic heterocycles. The SMILES string of the molecule is CC(NC(=O)C(N)CC(=O)O)c1ccc2[nH]c(=O)[nH]c2c1. The number of nitrogens with one attached hydrogen (secondary N) is 3. The van der Waals surface area contributed by atoms with Crippen molar-refractivity contribution in [2.75, 3.05) is 0 Å². The highest BCUT2D eigenvalue weighted by Gasteiger charge is 2.19. The molecule has 0 fully saturated rings. The molecule has 0 aliphatic rings. The number of carbonyl (C=O) groups is 2. The predicted molar refractivity (Wildman–Crippen MR) is 75.7 cm³/mol. The normalized spacial score (nSPS) is 13.8. The number of benzene rings is 1. The van der Waals surface area contributed by atoms with Gasteiger partial charge < -0.3 is 26.1 Å². The van der Waals surface area contributed by atoms with E-state index in [1.54, 1.807) is 25.1 Å². The summed E-state index contributed by atoms with van der Waals surface area (Å²) < 4.78 is 0. The number of aromatic amines is 2. The van der Waals surface area contributed by atoms with Crippen LogP contribution >= 0.6 is 0 Å². The van der Waals surface area contributed by atoms with Gasteiger partial charge in [0.25, 0.3) is 0 Å². The zero-order chi connectivity index (χ0) is 15.6. The first-order valence-corrected chi connectivity index (χ1v) is 6.36. The van der Waals surface area contributed by atoms with Crippen LogP contribution in [0.15, 0.2) is 23.0 Å². The average Bonchev–Trinajstić information content (AvgIpc) is 2.76. The highest BCUT2D eigenvalue weighted by atomic mass is 16.4. The van der Waals surface area contributed by atoms with Crippen molar-refractivity contribution in [1.82, 2.24) is 15.3 Å². The van der Waals surface area contributed by atoms with Crippen LogP contribution in [0.2, 0.25) is 0 Å². The molecule has 0 aliphatic heterocycles. The fourth-order valence-corrected chi connectivity index (χ4v) is 2.00. The van der Waals surface area contributed by atoms with Crippen LogP contribution < -0.4 is 16.7 Å². The molecule has 1 heterocycles. The summed E-state index contributed by atoms with van der Waals surface area (Å²) in [4.78, 5) is 38.7. The fraction of sp³-hybridized carbons (Fsp3) is 0.308. The summed E-state index contributed by atoms with van der Waals surface area (Å²) in [5.41, 5.74) is 7.27. The molecule has 2 unspecified atom stereocenters. The third kappa shape index (κ3) is 3.48. The number of amides is 1. The Morgan fingerprint density at radius 1 is 1.33 bits per heavy atom. The molecule has 112 valence electrons. The highest BCUT2D eigenvalue weighted by Crippen LogP contribution is 2.17. The van der Waals surface area contributed by atoms with Gasteiger partial charge in [-0.25, -0.2) is 4.79 Å². The highest BCUT2D eigenvalue weighted by molar-refractivity contribution is 5.86. The van der Waals surface area contributed by atoms with E-state index in [1.807, 2.05) is 0 Å². The molecule has 8 nitrogen and oxygen atoms in total. The molecule has 1 amide bonds. The second-order valence-corrected chi connectivity index (χ2v) is 4.82. The van der Waals surface area contributed by atoms with E-state index in [2.05, 4.69) is 15.3 Å². The minimum absolute atomic E-state index is 0.303. The molecule has 0 radical (unpaired) electrons. The topological polar surface area (TPSA) is 141 Å². The maximum Gasteiger partial charge on any atom is 0.323 e. The third-order valence-electron chi connectivity index (χ3n) is 3.13. The van der Waals surface area contributed by atoms with E-state index in [0.29, 0.717) is 11.0 Å². The Morgan fingerprint density at radius 2 is 2.00 bits per heavy atom. The molecule has 2 atom stereocenters. The van der Waals surface area contributed by atoms with Crippen molar-refractivity contribution in [2.24, 2.45) is 5.73 Å². The van der Waals surface area contributed by atoms with Crippen molar-refractivity contribution in [1.29, 1.82) is 0 Å². The minimum Gasteiger partial charge on any atom is -0.481 e.